The van der Waals surface area contributed by atoms with E-state index >= 15 is 0 Å². The zero-order valence-electron chi connectivity index (χ0n) is 14.7. The van der Waals surface area contributed by atoms with Gasteiger partial charge in [-0.3, -0.25) is 4.98 Å². The number of ether oxygens (including phenoxy) is 3. The Morgan fingerprint density at radius 3 is 2.69 bits per heavy atom. The lowest BCUT2D eigenvalue weighted by molar-refractivity contribution is 0.0435. The fourth-order valence-corrected chi connectivity index (χ4v) is 3.21. The number of anilines is 1. The number of benzene rings is 2. The summed E-state index contributed by atoms with van der Waals surface area (Å²) in [5, 5.41) is 4.30. The number of aromatic nitrogens is 1. The number of nitrogens with one attached hydrogen (secondary N) is 1. The summed E-state index contributed by atoms with van der Waals surface area (Å²) in [6.45, 7) is 1.94. The highest BCUT2D eigenvalue weighted by molar-refractivity contribution is 5.99. The molecule has 0 aliphatic carbocycles. The Labute approximate surface area is 150 Å². The molecule has 1 N–H and O–H groups in total. The summed E-state index contributed by atoms with van der Waals surface area (Å²) in [7, 11) is 3.04. The quantitative estimate of drug-likeness (QED) is 0.721. The molecule has 0 spiro atoms. The summed E-state index contributed by atoms with van der Waals surface area (Å²) in [5.41, 5.74) is 3.64. The van der Waals surface area contributed by atoms with Crippen LogP contribution >= 0.6 is 0 Å². The van der Waals surface area contributed by atoms with Crippen molar-refractivity contribution in [3.63, 3.8) is 0 Å². The van der Waals surface area contributed by atoms with Gasteiger partial charge in [0.05, 0.1) is 25.4 Å². The van der Waals surface area contributed by atoms with Crippen LogP contribution in [0, 0.1) is 6.92 Å². The third-order valence-electron chi connectivity index (χ3n) is 4.44. The number of rotatable bonds is 4. The largest absolute Gasteiger partial charge is 0.493 e. The molecule has 0 saturated carbocycles. The van der Waals surface area contributed by atoms with Gasteiger partial charge in [-0.05, 0) is 31.2 Å². The number of cyclic esters (lactones) is 1. The molecule has 132 valence electrons. The molecule has 2 aromatic carbocycles. The highest BCUT2D eigenvalue weighted by Crippen LogP contribution is 2.42. The van der Waals surface area contributed by atoms with Crippen LogP contribution in [0.1, 0.15) is 27.8 Å². The number of hydrogen-bond acceptors (Lipinski definition) is 6. The minimum atomic E-state index is -0.620. The predicted octanol–water partition coefficient (Wildman–Crippen LogP) is 3.84. The first kappa shape index (κ1) is 16.2. The SMILES string of the molecule is COc1ccc2c(c1OC)C(=O)OC2Nc1cccc2ccc(C)nc12. The molecule has 26 heavy (non-hydrogen) atoms. The summed E-state index contributed by atoms with van der Waals surface area (Å²) in [6.07, 6.45) is -0.620. The number of pyridine rings is 1. The molecule has 0 bridgehead atoms. The van der Waals surface area contributed by atoms with Crippen LogP contribution in [0.15, 0.2) is 42.5 Å². The number of aryl methyl sites for hydroxylation is 1. The highest BCUT2D eigenvalue weighted by Gasteiger charge is 2.36. The van der Waals surface area contributed by atoms with E-state index in [2.05, 4.69) is 10.3 Å². The van der Waals surface area contributed by atoms with Gasteiger partial charge in [-0.25, -0.2) is 4.79 Å². The lowest BCUT2D eigenvalue weighted by atomic mass is 10.1. The fourth-order valence-electron chi connectivity index (χ4n) is 3.21. The molecular formula is C20H18N2O4. The van der Waals surface area contributed by atoms with Crippen molar-refractivity contribution >= 4 is 22.6 Å². The van der Waals surface area contributed by atoms with Crippen molar-refractivity contribution in [2.45, 2.75) is 13.2 Å². The maximum atomic E-state index is 12.4. The Bertz CT molecular complexity index is 1020. The minimum Gasteiger partial charge on any atom is -0.493 e. The molecule has 6 nitrogen and oxygen atoms in total. The lowest BCUT2D eigenvalue weighted by Crippen LogP contribution is -2.11. The molecule has 1 aliphatic rings. The molecule has 2 heterocycles. The fraction of sp³-hybridized carbons (Fsp3) is 0.200. The summed E-state index contributed by atoms with van der Waals surface area (Å²) in [4.78, 5) is 17.0. The topological polar surface area (TPSA) is 69.7 Å². The van der Waals surface area contributed by atoms with Crippen molar-refractivity contribution in [2.75, 3.05) is 19.5 Å². The maximum absolute atomic E-state index is 12.4. The second-order valence-corrected chi connectivity index (χ2v) is 6.02. The van der Waals surface area contributed by atoms with Crippen LogP contribution in [0.5, 0.6) is 11.5 Å². The molecule has 0 amide bonds. The summed E-state index contributed by atoms with van der Waals surface area (Å²) >= 11 is 0. The van der Waals surface area contributed by atoms with Crippen LogP contribution in [-0.4, -0.2) is 25.2 Å². The van der Waals surface area contributed by atoms with Crippen molar-refractivity contribution in [2.24, 2.45) is 0 Å². The summed E-state index contributed by atoms with van der Waals surface area (Å²) in [6, 6.07) is 13.4. The molecular weight excluding hydrogens is 332 g/mol. The third kappa shape index (κ3) is 2.50. The lowest BCUT2D eigenvalue weighted by Gasteiger charge is -2.16. The van der Waals surface area contributed by atoms with Gasteiger partial charge in [0.15, 0.2) is 11.5 Å². The first-order valence-corrected chi connectivity index (χ1v) is 8.21. The monoisotopic (exact) mass is 350 g/mol. The number of carbonyl (C=O) groups excluding carboxylic acids is 1. The van der Waals surface area contributed by atoms with Gasteiger partial charge in [-0.15, -0.1) is 0 Å². The third-order valence-corrected chi connectivity index (χ3v) is 4.44. The number of methoxy groups -OCH3 is 2. The van der Waals surface area contributed by atoms with Crippen LogP contribution in [0.4, 0.5) is 5.69 Å². The average Bonchev–Trinajstić information content (AvgIpc) is 2.97. The number of hydrogen-bond donors (Lipinski definition) is 1. The Morgan fingerprint density at radius 1 is 1.08 bits per heavy atom. The normalized spacial score (nSPS) is 15.5. The molecule has 1 aliphatic heterocycles. The number of esters is 1. The van der Waals surface area contributed by atoms with E-state index in [4.69, 9.17) is 14.2 Å². The van der Waals surface area contributed by atoms with E-state index in [1.807, 2.05) is 43.3 Å². The van der Waals surface area contributed by atoms with E-state index in [1.165, 1.54) is 14.2 Å². The summed E-state index contributed by atoms with van der Waals surface area (Å²) in [5.74, 6) is 0.426. The van der Waals surface area contributed by atoms with Crippen LogP contribution in [0.2, 0.25) is 0 Å². The van der Waals surface area contributed by atoms with Crippen LogP contribution in [-0.2, 0) is 4.74 Å². The van der Waals surface area contributed by atoms with Gasteiger partial charge < -0.3 is 19.5 Å². The van der Waals surface area contributed by atoms with E-state index in [9.17, 15) is 4.79 Å². The predicted molar refractivity (Wildman–Crippen MR) is 97.8 cm³/mol. The number of fused-ring (bicyclic) bond motifs is 2. The minimum absolute atomic E-state index is 0.381. The molecule has 0 saturated heterocycles. The molecule has 0 radical (unpaired) electrons. The van der Waals surface area contributed by atoms with Crippen molar-refractivity contribution in [3.05, 3.63) is 59.3 Å². The first-order valence-electron chi connectivity index (χ1n) is 8.21. The first-order chi connectivity index (χ1) is 12.6. The summed E-state index contributed by atoms with van der Waals surface area (Å²) < 4.78 is 16.2. The van der Waals surface area contributed by atoms with Crippen LogP contribution < -0.4 is 14.8 Å². The molecule has 4 rings (SSSR count). The van der Waals surface area contributed by atoms with Crippen molar-refractivity contribution in [1.82, 2.24) is 4.98 Å². The van der Waals surface area contributed by atoms with Gasteiger partial charge in [0.2, 0.25) is 6.23 Å². The Hall–Kier alpha value is -3.28. The van der Waals surface area contributed by atoms with E-state index in [-0.39, 0.29) is 0 Å². The second kappa shape index (κ2) is 6.22. The van der Waals surface area contributed by atoms with Crippen LogP contribution in [0.3, 0.4) is 0 Å². The van der Waals surface area contributed by atoms with Gasteiger partial charge in [-0.2, -0.15) is 0 Å². The average molecular weight is 350 g/mol. The zero-order chi connectivity index (χ0) is 18.3. The number of carbonyl (C=O) groups is 1. The maximum Gasteiger partial charge on any atom is 0.344 e. The van der Waals surface area contributed by atoms with E-state index < -0.39 is 12.2 Å². The van der Waals surface area contributed by atoms with E-state index in [0.717, 1.165) is 22.3 Å². The van der Waals surface area contributed by atoms with Gasteiger partial charge in [0, 0.05) is 16.6 Å². The van der Waals surface area contributed by atoms with Gasteiger partial charge in [-0.1, -0.05) is 18.2 Å². The molecule has 6 heteroatoms. The van der Waals surface area contributed by atoms with E-state index in [1.54, 1.807) is 6.07 Å². The molecule has 1 aromatic heterocycles. The smallest absolute Gasteiger partial charge is 0.344 e. The number of nitrogens with zero attached hydrogens (tertiary/aromatic N) is 1. The Balaban J connectivity index is 1.77. The van der Waals surface area contributed by atoms with Gasteiger partial charge in [0.25, 0.3) is 0 Å². The van der Waals surface area contributed by atoms with Crippen molar-refractivity contribution < 1.29 is 19.0 Å². The number of para-hydroxylation sites is 1. The van der Waals surface area contributed by atoms with Gasteiger partial charge in [0.1, 0.15) is 5.56 Å². The highest BCUT2D eigenvalue weighted by atomic mass is 16.6. The second-order valence-electron chi connectivity index (χ2n) is 6.02. The molecule has 1 atom stereocenters. The zero-order valence-corrected chi connectivity index (χ0v) is 14.7. The standard InChI is InChI=1S/C20H18N2O4/c1-11-7-8-12-5-4-6-14(17(12)21-11)22-19-13-9-10-15(24-2)18(25-3)16(13)20(23)26-19/h4-10,19,22H,1-3H3. The van der Waals surface area contributed by atoms with Crippen molar-refractivity contribution in [1.29, 1.82) is 0 Å². The Morgan fingerprint density at radius 2 is 1.92 bits per heavy atom. The van der Waals surface area contributed by atoms with E-state index in [0.29, 0.717) is 22.6 Å². The van der Waals surface area contributed by atoms with Gasteiger partial charge >= 0.3 is 5.97 Å². The molecule has 1 unspecified atom stereocenters. The van der Waals surface area contributed by atoms with Crippen molar-refractivity contribution in [3.8, 4) is 11.5 Å². The molecule has 3 aromatic rings. The molecule has 0 fully saturated rings. The van der Waals surface area contributed by atoms with Crippen LogP contribution in [0.25, 0.3) is 10.9 Å². The Kier molecular flexibility index (Phi) is 3.88.